The number of likely N-dealkylation sites (tertiary alicyclic amines) is 1. The highest BCUT2D eigenvalue weighted by atomic mass is 16.5. The van der Waals surface area contributed by atoms with Gasteiger partial charge in [-0.2, -0.15) is 0 Å². The SMILES string of the molecule is COC(=O)NC1CCN(CC(O)CO)C1. The Hall–Kier alpha value is -0.850. The largest absolute Gasteiger partial charge is 0.453 e. The number of β-amino-alcohol motifs (C(OH)–C–C–N with tert-alkyl or cyclic N) is 1. The van der Waals surface area contributed by atoms with Crippen molar-refractivity contribution in [1.29, 1.82) is 0 Å². The molecule has 0 aromatic heterocycles. The van der Waals surface area contributed by atoms with Crippen LogP contribution in [0.1, 0.15) is 6.42 Å². The van der Waals surface area contributed by atoms with Crippen molar-refractivity contribution in [3.05, 3.63) is 0 Å². The molecule has 0 saturated carbocycles. The summed E-state index contributed by atoms with van der Waals surface area (Å²) in [5, 5.41) is 20.6. The summed E-state index contributed by atoms with van der Waals surface area (Å²) >= 11 is 0. The van der Waals surface area contributed by atoms with Crippen LogP contribution in [0.3, 0.4) is 0 Å². The highest BCUT2D eigenvalue weighted by Gasteiger charge is 2.25. The first-order valence-corrected chi connectivity index (χ1v) is 5.01. The standard InChI is InChI=1S/C9H18N2O4/c1-15-9(14)10-7-2-3-11(4-7)5-8(13)6-12/h7-8,12-13H,2-6H2,1H3,(H,10,14). The van der Waals surface area contributed by atoms with E-state index in [2.05, 4.69) is 10.1 Å². The molecular formula is C9H18N2O4. The summed E-state index contributed by atoms with van der Waals surface area (Å²) < 4.78 is 4.49. The summed E-state index contributed by atoms with van der Waals surface area (Å²) in [4.78, 5) is 12.9. The fraction of sp³-hybridized carbons (Fsp3) is 0.889. The summed E-state index contributed by atoms with van der Waals surface area (Å²) in [6.45, 7) is 1.71. The zero-order valence-electron chi connectivity index (χ0n) is 8.85. The van der Waals surface area contributed by atoms with Gasteiger partial charge in [-0.3, -0.25) is 4.90 Å². The number of aliphatic hydroxyl groups excluding tert-OH is 2. The normalized spacial score (nSPS) is 23.8. The topological polar surface area (TPSA) is 82.0 Å². The van der Waals surface area contributed by atoms with Crippen LogP contribution in [-0.4, -0.2) is 66.7 Å². The van der Waals surface area contributed by atoms with Crippen molar-refractivity contribution in [2.24, 2.45) is 0 Å². The minimum Gasteiger partial charge on any atom is -0.453 e. The Kier molecular flexibility index (Phi) is 4.80. The van der Waals surface area contributed by atoms with Crippen LogP contribution in [0.2, 0.25) is 0 Å². The predicted molar refractivity (Wildman–Crippen MR) is 53.5 cm³/mol. The monoisotopic (exact) mass is 218 g/mol. The molecule has 1 amide bonds. The number of aliphatic hydroxyl groups is 2. The van der Waals surface area contributed by atoms with Crippen molar-refractivity contribution in [2.45, 2.75) is 18.6 Å². The first-order valence-electron chi connectivity index (χ1n) is 5.01. The van der Waals surface area contributed by atoms with E-state index in [0.29, 0.717) is 13.1 Å². The lowest BCUT2D eigenvalue weighted by Gasteiger charge is -2.18. The van der Waals surface area contributed by atoms with E-state index in [0.717, 1.165) is 13.0 Å². The Morgan fingerprint density at radius 1 is 1.73 bits per heavy atom. The van der Waals surface area contributed by atoms with Crippen LogP contribution in [0, 0.1) is 0 Å². The maximum Gasteiger partial charge on any atom is 0.407 e. The molecule has 15 heavy (non-hydrogen) atoms. The summed E-state index contributed by atoms with van der Waals surface area (Å²) in [6.07, 6.45) is -0.292. The molecule has 0 aliphatic carbocycles. The molecule has 2 atom stereocenters. The zero-order chi connectivity index (χ0) is 11.3. The van der Waals surface area contributed by atoms with Gasteiger partial charge in [-0.05, 0) is 6.42 Å². The number of nitrogens with zero attached hydrogens (tertiary/aromatic N) is 1. The molecule has 6 nitrogen and oxygen atoms in total. The van der Waals surface area contributed by atoms with Gasteiger partial charge in [0.1, 0.15) is 0 Å². The highest BCUT2D eigenvalue weighted by molar-refractivity contribution is 5.67. The second kappa shape index (κ2) is 5.89. The number of amides is 1. The number of hydrogen-bond acceptors (Lipinski definition) is 5. The molecule has 0 spiro atoms. The second-order valence-electron chi connectivity index (χ2n) is 3.72. The number of rotatable bonds is 4. The smallest absolute Gasteiger partial charge is 0.407 e. The molecule has 0 bridgehead atoms. The summed E-state index contributed by atoms with van der Waals surface area (Å²) in [5.41, 5.74) is 0. The molecule has 6 heteroatoms. The van der Waals surface area contributed by atoms with E-state index in [4.69, 9.17) is 5.11 Å². The fourth-order valence-corrected chi connectivity index (χ4v) is 1.70. The van der Waals surface area contributed by atoms with Gasteiger partial charge in [-0.1, -0.05) is 0 Å². The number of nitrogens with one attached hydrogen (secondary N) is 1. The van der Waals surface area contributed by atoms with Crippen LogP contribution in [0.15, 0.2) is 0 Å². The Morgan fingerprint density at radius 3 is 3.07 bits per heavy atom. The van der Waals surface area contributed by atoms with E-state index in [1.165, 1.54) is 7.11 Å². The van der Waals surface area contributed by atoms with Gasteiger partial charge in [-0.15, -0.1) is 0 Å². The third-order valence-electron chi connectivity index (χ3n) is 2.46. The average molecular weight is 218 g/mol. The van der Waals surface area contributed by atoms with Crippen LogP contribution in [0.25, 0.3) is 0 Å². The van der Waals surface area contributed by atoms with Gasteiger partial charge >= 0.3 is 6.09 Å². The van der Waals surface area contributed by atoms with Crippen molar-refractivity contribution < 1.29 is 19.7 Å². The molecular weight excluding hydrogens is 200 g/mol. The number of carbonyl (C=O) groups excluding carboxylic acids is 1. The number of carbonyl (C=O) groups is 1. The first-order chi connectivity index (χ1) is 7.15. The highest BCUT2D eigenvalue weighted by Crippen LogP contribution is 2.09. The average Bonchev–Trinajstić information content (AvgIpc) is 2.65. The Labute approximate surface area is 88.8 Å². The van der Waals surface area contributed by atoms with Crippen molar-refractivity contribution in [1.82, 2.24) is 10.2 Å². The molecule has 0 aromatic rings. The van der Waals surface area contributed by atoms with E-state index in [-0.39, 0.29) is 12.6 Å². The number of methoxy groups -OCH3 is 1. The summed E-state index contributed by atoms with van der Waals surface area (Å²) in [5.74, 6) is 0. The van der Waals surface area contributed by atoms with Gasteiger partial charge < -0.3 is 20.3 Å². The lowest BCUT2D eigenvalue weighted by Crippen LogP contribution is -2.39. The Bertz CT molecular complexity index is 212. The fourth-order valence-electron chi connectivity index (χ4n) is 1.70. The molecule has 0 aromatic carbocycles. The lowest BCUT2D eigenvalue weighted by molar-refractivity contribution is 0.0655. The third kappa shape index (κ3) is 4.03. The Balaban J connectivity index is 2.23. The first kappa shape index (κ1) is 12.2. The zero-order valence-corrected chi connectivity index (χ0v) is 8.85. The summed E-state index contributed by atoms with van der Waals surface area (Å²) in [6, 6.07) is 0.0725. The van der Waals surface area contributed by atoms with Gasteiger partial charge in [0, 0.05) is 25.7 Å². The third-order valence-corrected chi connectivity index (χ3v) is 2.46. The van der Waals surface area contributed by atoms with E-state index in [1.807, 2.05) is 4.90 Å². The minimum absolute atomic E-state index is 0.0725. The van der Waals surface area contributed by atoms with Crippen molar-refractivity contribution in [3.8, 4) is 0 Å². The maximum atomic E-state index is 10.9. The number of alkyl carbamates (subject to hydrolysis) is 1. The van der Waals surface area contributed by atoms with Crippen molar-refractivity contribution >= 4 is 6.09 Å². The lowest BCUT2D eigenvalue weighted by atomic mass is 10.3. The molecule has 1 heterocycles. The van der Waals surface area contributed by atoms with Gasteiger partial charge in [0.05, 0.1) is 19.8 Å². The summed E-state index contributed by atoms with van der Waals surface area (Å²) in [7, 11) is 1.33. The predicted octanol–water partition coefficient (Wildman–Crippen LogP) is -1.23. The van der Waals surface area contributed by atoms with Gasteiger partial charge in [0.25, 0.3) is 0 Å². The van der Waals surface area contributed by atoms with Gasteiger partial charge in [0.15, 0.2) is 0 Å². The van der Waals surface area contributed by atoms with E-state index < -0.39 is 12.2 Å². The number of hydrogen-bond donors (Lipinski definition) is 3. The van der Waals surface area contributed by atoms with E-state index in [9.17, 15) is 9.90 Å². The van der Waals surface area contributed by atoms with Crippen molar-refractivity contribution in [3.63, 3.8) is 0 Å². The molecule has 0 radical (unpaired) electrons. The molecule has 2 unspecified atom stereocenters. The Morgan fingerprint density at radius 2 is 2.47 bits per heavy atom. The van der Waals surface area contributed by atoms with E-state index in [1.54, 1.807) is 0 Å². The number of ether oxygens (including phenoxy) is 1. The molecule has 1 saturated heterocycles. The molecule has 1 fully saturated rings. The quantitative estimate of drug-likeness (QED) is 0.550. The van der Waals surface area contributed by atoms with Gasteiger partial charge in [-0.25, -0.2) is 4.79 Å². The molecule has 1 rings (SSSR count). The molecule has 1 aliphatic rings. The van der Waals surface area contributed by atoms with Crippen LogP contribution in [-0.2, 0) is 4.74 Å². The molecule has 1 aliphatic heterocycles. The van der Waals surface area contributed by atoms with Crippen LogP contribution < -0.4 is 5.32 Å². The van der Waals surface area contributed by atoms with Gasteiger partial charge in [0.2, 0.25) is 0 Å². The van der Waals surface area contributed by atoms with Crippen LogP contribution in [0.5, 0.6) is 0 Å². The molecule has 3 N–H and O–H groups in total. The van der Waals surface area contributed by atoms with E-state index >= 15 is 0 Å². The van der Waals surface area contributed by atoms with Crippen LogP contribution in [0.4, 0.5) is 4.79 Å². The second-order valence-corrected chi connectivity index (χ2v) is 3.72. The van der Waals surface area contributed by atoms with Crippen LogP contribution >= 0.6 is 0 Å². The minimum atomic E-state index is -0.707. The maximum absolute atomic E-state index is 10.9. The molecule has 88 valence electrons. The van der Waals surface area contributed by atoms with Crippen molar-refractivity contribution in [2.75, 3.05) is 33.4 Å².